The number of amides is 1. The number of methoxy groups -OCH3 is 1. The van der Waals surface area contributed by atoms with Crippen molar-refractivity contribution in [3.8, 4) is 5.75 Å². The van der Waals surface area contributed by atoms with E-state index in [-0.39, 0.29) is 29.6 Å². The van der Waals surface area contributed by atoms with Crippen LogP contribution in [0.15, 0.2) is 53.4 Å². The Hall–Kier alpha value is -2.62. The summed E-state index contributed by atoms with van der Waals surface area (Å²) in [5.74, 6) is -0.0745. The van der Waals surface area contributed by atoms with E-state index in [0.717, 1.165) is 24.9 Å². The maximum Gasteiger partial charge on any atom is 0.246 e. The standard InChI is InChI=1S/C23H31N3O5S/c1-18(27)16-25(20-9-5-3-6-10-20)17-23(28)24-19-11-12-21(31-2)22(15-19)32(29,30)26-13-7-4-8-14-26/h3,5-6,9-12,15,18,27H,4,7-8,13-14,16-17H2,1-2H3,(H,24,28). The third-order valence-corrected chi connectivity index (χ3v) is 7.24. The Morgan fingerprint density at radius 3 is 2.47 bits per heavy atom. The fourth-order valence-corrected chi connectivity index (χ4v) is 5.49. The lowest BCUT2D eigenvalue weighted by molar-refractivity contribution is -0.115. The molecule has 174 valence electrons. The Kier molecular flexibility index (Phi) is 8.11. The molecule has 0 aromatic heterocycles. The van der Waals surface area contributed by atoms with E-state index in [9.17, 15) is 18.3 Å². The Morgan fingerprint density at radius 2 is 1.84 bits per heavy atom. The van der Waals surface area contributed by atoms with Gasteiger partial charge in [-0.3, -0.25) is 4.79 Å². The van der Waals surface area contributed by atoms with Gasteiger partial charge in [0.2, 0.25) is 15.9 Å². The molecule has 1 atom stereocenters. The largest absolute Gasteiger partial charge is 0.495 e. The number of benzene rings is 2. The number of rotatable bonds is 9. The molecule has 0 radical (unpaired) electrons. The summed E-state index contributed by atoms with van der Waals surface area (Å²) < 4.78 is 33.1. The lowest BCUT2D eigenvalue weighted by Crippen LogP contribution is -2.38. The van der Waals surface area contributed by atoms with Gasteiger partial charge in [0, 0.05) is 31.0 Å². The molecule has 9 heteroatoms. The molecule has 2 aromatic carbocycles. The number of nitrogens with one attached hydrogen (secondary N) is 1. The van der Waals surface area contributed by atoms with Gasteiger partial charge in [0.15, 0.2) is 0 Å². The molecule has 1 amide bonds. The second-order valence-corrected chi connectivity index (χ2v) is 9.85. The number of piperidine rings is 1. The zero-order chi connectivity index (χ0) is 23.1. The number of carbonyl (C=O) groups is 1. The van der Waals surface area contributed by atoms with Crippen LogP contribution in [-0.4, -0.2) is 63.1 Å². The molecule has 2 N–H and O–H groups in total. The molecule has 0 saturated carbocycles. The van der Waals surface area contributed by atoms with Gasteiger partial charge < -0.3 is 20.1 Å². The molecule has 1 fully saturated rings. The maximum atomic E-state index is 13.2. The van der Waals surface area contributed by atoms with Gasteiger partial charge in [-0.2, -0.15) is 4.31 Å². The number of hydrogen-bond acceptors (Lipinski definition) is 6. The molecule has 0 aliphatic carbocycles. The van der Waals surface area contributed by atoms with Crippen molar-refractivity contribution in [2.75, 3.05) is 43.5 Å². The molecular formula is C23H31N3O5S. The van der Waals surface area contributed by atoms with Crippen molar-refractivity contribution in [2.24, 2.45) is 0 Å². The summed E-state index contributed by atoms with van der Waals surface area (Å²) in [6.45, 7) is 2.92. The monoisotopic (exact) mass is 461 g/mol. The third-order valence-electron chi connectivity index (χ3n) is 5.32. The lowest BCUT2D eigenvalue weighted by atomic mass is 10.2. The van der Waals surface area contributed by atoms with Gasteiger partial charge in [-0.15, -0.1) is 0 Å². The van der Waals surface area contributed by atoms with Gasteiger partial charge >= 0.3 is 0 Å². The van der Waals surface area contributed by atoms with Crippen LogP contribution in [0.25, 0.3) is 0 Å². The summed E-state index contributed by atoms with van der Waals surface area (Å²) in [5.41, 5.74) is 1.18. The van der Waals surface area contributed by atoms with Crippen molar-refractivity contribution in [1.29, 1.82) is 0 Å². The second-order valence-electron chi connectivity index (χ2n) is 7.94. The molecule has 3 rings (SSSR count). The number of aliphatic hydroxyl groups is 1. The van der Waals surface area contributed by atoms with Crippen LogP contribution in [0.5, 0.6) is 5.75 Å². The second kappa shape index (κ2) is 10.8. The van der Waals surface area contributed by atoms with E-state index >= 15 is 0 Å². The number of hydrogen-bond donors (Lipinski definition) is 2. The quantitative estimate of drug-likeness (QED) is 0.596. The topological polar surface area (TPSA) is 99.2 Å². The van der Waals surface area contributed by atoms with Gasteiger partial charge in [-0.25, -0.2) is 8.42 Å². The number of aliphatic hydroxyl groups excluding tert-OH is 1. The van der Waals surface area contributed by atoms with Crippen molar-refractivity contribution >= 4 is 27.3 Å². The van der Waals surface area contributed by atoms with Crippen LogP contribution in [0, 0.1) is 0 Å². The number of nitrogens with zero attached hydrogens (tertiary/aromatic N) is 2. The third kappa shape index (κ3) is 5.99. The Balaban J connectivity index is 1.79. The minimum absolute atomic E-state index is 0.00908. The number of ether oxygens (including phenoxy) is 1. The smallest absolute Gasteiger partial charge is 0.246 e. The maximum absolute atomic E-state index is 13.2. The zero-order valence-corrected chi connectivity index (χ0v) is 19.3. The number of para-hydroxylation sites is 1. The molecule has 0 spiro atoms. The first-order chi connectivity index (χ1) is 15.3. The van der Waals surface area contributed by atoms with Crippen molar-refractivity contribution in [1.82, 2.24) is 4.31 Å². The van der Waals surface area contributed by atoms with Crippen LogP contribution in [0.1, 0.15) is 26.2 Å². The molecule has 32 heavy (non-hydrogen) atoms. The minimum atomic E-state index is -3.73. The molecule has 2 aromatic rings. The van der Waals surface area contributed by atoms with E-state index in [1.807, 2.05) is 30.3 Å². The lowest BCUT2D eigenvalue weighted by Gasteiger charge is -2.27. The van der Waals surface area contributed by atoms with Crippen LogP contribution < -0.4 is 15.0 Å². The number of sulfonamides is 1. The molecular weight excluding hydrogens is 430 g/mol. The van der Waals surface area contributed by atoms with Crippen LogP contribution in [-0.2, 0) is 14.8 Å². The SMILES string of the molecule is COc1ccc(NC(=O)CN(CC(C)O)c2ccccc2)cc1S(=O)(=O)N1CCCCC1. The zero-order valence-electron chi connectivity index (χ0n) is 18.5. The molecule has 1 aliphatic rings. The Bertz CT molecular complexity index is 1010. The summed E-state index contributed by atoms with van der Waals surface area (Å²) in [5, 5.41) is 12.6. The van der Waals surface area contributed by atoms with Gasteiger partial charge in [0.05, 0.1) is 19.8 Å². The highest BCUT2D eigenvalue weighted by Crippen LogP contribution is 2.31. The molecule has 0 bridgehead atoms. The van der Waals surface area contributed by atoms with E-state index in [1.54, 1.807) is 24.0 Å². The predicted octanol–water partition coefficient (Wildman–Crippen LogP) is 2.70. The molecule has 1 aliphatic heterocycles. The van der Waals surface area contributed by atoms with Gasteiger partial charge in [0.25, 0.3) is 0 Å². The normalized spacial score (nSPS) is 15.7. The van der Waals surface area contributed by atoms with E-state index in [1.165, 1.54) is 17.5 Å². The summed E-state index contributed by atoms with van der Waals surface area (Å²) in [7, 11) is -2.30. The highest BCUT2D eigenvalue weighted by molar-refractivity contribution is 7.89. The summed E-state index contributed by atoms with van der Waals surface area (Å²) in [6, 6.07) is 14.0. The average molecular weight is 462 g/mol. The van der Waals surface area contributed by atoms with Crippen molar-refractivity contribution in [3.63, 3.8) is 0 Å². The van der Waals surface area contributed by atoms with E-state index in [4.69, 9.17) is 4.74 Å². The van der Waals surface area contributed by atoms with E-state index < -0.39 is 16.1 Å². The summed E-state index contributed by atoms with van der Waals surface area (Å²) >= 11 is 0. The van der Waals surface area contributed by atoms with Crippen molar-refractivity contribution < 1.29 is 23.1 Å². The highest BCUT2D eigenvalue weighted by atomic mass is 32.2. The van der Waals surface area contributed by atoms with Gasteiger partial charge in [0.1, 0.15) is 10.6 Å². The summed E-state index contributed by atoms with van der Waals surface area (Å²) in [4.78, 5) is 14.6. The predicted molar refractivity (Wildman–Crippen MR) is 125 cm³/mol. The van der Waals surface area contributed by atoms with Gasteiger partial charge in [-0.05, 0) is 50.1 Å². The minimum Gasteiger partial charge on any atom is -0.495 e. The van der Waals surface area contributed by atoms with E-state index in [2.05, 4.69) is 5.32 Å². The Labute approximate surface area is 189 Å². The first-order valence-electron chi connectivity index (χ1n) is 10.8. The van der Waals surface area contributed by atoms with Crippen LogP contribution in [0.4, 0.5) is 11.4 Å². The highest BCUT2D eigenvalue weighted by Gasteiger charge is 2.29. The van der Waals surface area contributed by atoms with Crippen LogP contribution >= 0.6 is 0 Å². The first kappa shape index (κ1) is 24.0. The van der Waals surface area contributed by atoms with Crippen LogP contribution in [0.2, 0.25) is 0 Å². The molecule has 1 saturated heterocycles. The fourth-order valence-electron chi connectivity index (χ4n) is 3.79. The van der Waals surface area contributed by atoms with Crippen molar-refractivity contribution in [2.45, 2.75) is 37.2 Å². The fraction of sp³-hybridized carbons (Fsp3) is 0.435. The van der Waals surface area contributed by atoms with Crippen molar-refractivity contribution in [3.05, 3.63) is 48.5 Å². The first-order valence-corrected chi connectivity index (χ1v) is 12.2. The molecule has 1 unspecified atom stereocenters. The average Bonchev–Trinajstić information content (AvgIpc) is 2.79. The number of carbonyl (C=O) groups excluding carboxylic acids is 1. The van der Waals surface area contributed by atoms with Gasteiger partial charge in [-0.1, -0.05) is 24.6 Å². The molecule has 1 heterocycles. The Morgan fingerprint density at radius 1 is 1.16 bits per heavy atom. The summed E-state index contributed by atoms with van der Waals surface area (Å²) in [6.07, 6.45) is 2.06. The molecule has 8 nitrogen and oxygen atoms in total. The number of anilines is 2. The van der Waals surface area contributed by atoms with E-state index in [0.29, 0.717) is 18.8 Å². The van der Waals surface area contributed by atoms with Crippen LogP contribution in [0.3, 0.4) is 0 Å².